The number of hydrogen-bond donors (Lipinski definition) is 1. The Balaban J connectivity index is 2.39. The van der Waals surface area contributed by atoms with Crippen LogP contribution < -0.4 is 5.32 Å². The molecule has 0 aliphatic carbocycles. The van der Waals surface area contributed by atoms with Gasteiger partial charge in [-0.15, -0.1) is 0 Å². The third-order valence-corrected chi connectivity index (χ3v) is 4.50. The molecule has 0 aromatic heterocycles. The van der Waals surface area contributed by atoms with E-state index in [-0.39, 0.29) is 6.09 Å². The van der Waals surface area contributed by atoms with Crippen molar-refractivity contribution in [2.24, 2.45) is 4.99 Å². The minimum Gasteiger partial charge on any atom is -0.450 e. The molecule has 7 nitrogen and oxygen atoms in total. The Morgan fingerprint density at radius 3 is 2.36 bits per heavy atom. The molecule has 0 spiro atoms. The normalized spacial score (nSPS) is 15.9. The minimum absolute atomic E-state index is 0.210. The standard InChI is InChI=1S/C18H37N5O2/c1-6-19-17(20-10-8-9-11-21(5)16(3)4)22-12-14-23(15-13-22)18(24)25-7-2/h16H,6-15H2,1-5H3,(H,19,20). The van der Waals surface area contributed by atoms with E-state index in [0.717, 1.165) is 51.5 Å². The SMILES string of the molecule is CCNC(=NCCCCN(C)C(C)C)N1CCN(C(=O)OCC)CC1. The number of ether oxygens (including phenoxy) is 1. The van der Waals surface area contributed by atoms with Crippen molar-refractivity contribution >= 4 is 12.1 Å². The molecular formula is C18H37N5O2. The summed E-state index contributed by atoms with van der Waals surface area (Å²) in [6, 6.07) is 0.594. The highest BCUT2D eigenvalue weighted by Crippen LogP contribution is 2.05. The van der Waals surface area contributed by atoms with Crippen LogP contribution in [0, 0.1) is 0 Å². The molecule has 146 valence electrons. The summed E-state index contributed by atoms with van der Waals surface area (Å²) in [5, 5.41) is 3.37. The van der Waals surface area contributed by atoms with Crippen LogP contribution in [-0.2, 0) is 4.74 Å². The molecule has 0 bridgehead atoms. The first kappa shape index (κ1) is 21.5. The number of carbonyl (C=O) groups is 1. The molecule has 1 saturated heterocycles. The zero-order valence-corrected chi connectivity index (χ0v) is 16.8. The Labute approximate surface area is 153 Å². The molecule has 1 aliphatic rings. The lowest BCUT2D eigenvalue weighted by Crippen LogP contribution is -2.53. The monoisotopic (exact) mass is 355 g/mol. The first-order valence-corrected chi connectivity index (χ1v) is 9.64. The summed E-state index contributed by atoms with van der Waals surface area (Å²) in [5.41, 5.74) is 0. The first-order chi connectivity index (χ1) is 12.0. The van der Waals surface area contributed by atoms with Crippen LogP contribution in [0.4, 0.5) is 4.79 Å². The van der Waals surface area contributed by atoms with Crippen molar-refractivity contribution in [1.82, 2.24) is 20.0 Å². The van der Waals surface area contributed by atoms with E-state index in [1.807, 2.05) is 6.92 Å². The molecule has 1 aliphatic heterocycles. The van der Waals surface area contributed by atoms with Gasteiger partial charge in [0.05, 0.1) is 6.61 Å². The zero-order valence-electron chi connectivity index (χ0n) is 16.8. The van der Waals surface area contributed by atoms with Crippen molar-refractivity contribution in [3.05, 3.63) is 0 Å². The largest absolute Gasteiger partial charge is 0.450 e. The summed E-state index contributed by atoms with van der Waals surface area (Å²) in [7, 11) is 2.17. The highest BCUT2D eigenvalue weighted by molar-refractivity contribution is 5.80. The quantitative estimate of drug-likeness (QED) is 0.409. The maximum absolute atomic E-state index is 11.8. The van der Waals surface area contributed by atoms with Crippen molar-refractivity contribution in [3.8, 4) is 0 Å². The van der Waals surface area contributed by atoms with E-state index in [9.17, 15) is 4.79 Å². The second-order valence-electron chi connectivity index (χ2n) is 6.69. The minimum atomic E-state index is -0.210. The molecule has 1 amide bonds. The van der Waals surface area contributed by atoms with Gasteiger partial charge in [0.1, 0.15) is 0 Å². The number of hydrogen-bond acceptors (Lipinski definition) is 4. The molecule has 1 rings (SSSR count). The number of piperazine rings is 1. The van der Waals surface area contributed by atoms with Crippen molar-refractivity contribution in [3.63, 3.8) is 0 Å². The Kier molecular flexibility index (Phi) is 10.3. The lowest BCUT2D eigenvalue weighted by Gasteiger charge is -2.35. The van der Waals surface area contributed by atoms with Crippen molar-refractivity contribution in [2.75, 3.05) is 59.5 Å². The lowest BCUT2D eigenvalue weighted by atomic mass is 10.2. The van der Waals surface area contributed by atoms with Crippen LogP contribution in [0.5, 0.6) is 0 Å². The van der Waals surface area contributed by atoms with Crippen molar-refractivity contribution in [2.45, 2.75) is 46.6 Å². The molecule has 1 fully saturated rings. The summed E-state index contributed by atoms with van der Waals surface area (Å²) in [5.74, 6) is 0.961. The van der Waals surface area contributed by atoms with Gasteiger partial charge in [-0.05, 0) is 54.1 Å². The highest BCUT2D eigenvalue weighted by Gasteiger charge is 2.23. The van der Waals surface area contributed by atoms with E-state index in [1.54, 1.807) is 4.90 Å². The Morgan fingerprint density at radius 2 is 1.80 bits per heavy atom. The van der Waals surface area contributed by atoms with E-state index in [1.165, 1.54) is 0 Å². The highest BCUT2D eigenvalue weighted by atomic mass is 16.6. The van der Waals surface area contributed by atoms with Crippen LogP contribution in [0.15, 0.2) is 4.99 Å². The lowest BCUT2D eigenvalue weighted by molar-refractivity contribution is 0.0914. The fourth-order valence-corrected chi connectivity index (χ4v) is 2.66. The predicted molar refractivity (Wildman–Crippen MR) is 103 cm³/mol. The van der Waals surface area contributed by atoms with Gasteiger partial charge in [-0.3, -0.25) is 4.99 Å². The summed E-state index contributed by atoms with van der Waals surface area (Å²) in [4.78, 5) is 22.9. The van der Waals surface area contributed by atoms with Gasteiger partial charge in [0.25, 0.3) is 0 Å². The maximum atomic E-state index is 11.8. The first-order valence-electron chi connectivity index (χ1n) is 9.64. The molecule has 0 saturated carbocycles. The van der Waals surface area contributed by atoms with E-state index < -0.39 is 0 Å². The van der Waals surface area contributed by atoms with E-state index in [4.69, 9.17) is 9.73 Å². The number of guanidine groups is 1. The topological polar surface area (TPSA) is 60.4 Å². The van der Waals surface area contributed by atoms with Crippen LogP contribution in [0.3, 0.4) is 0 Å². The van der Waals surface area contributed by atoms with Crippen molar-refractivity contribution < 1.29 is 9.53 Å². The van der Waals surface area contributed by atoms with Gasteiger partial charge >= 0.3 is 6.09 Å². The van der Waals surface area contributed by atoms with Gasteiger partial charge in [0.15, 0.2) is 5.96 Å². The van der Waals surface area contributed by atoms with E-state index in [2.05, 4.69) is 42.9 Å². The van der Waals surface area contributed by atoms with Crippen LogP contribution in [0.1, 0.15) is 40.5 Å². The summed E-state index contributed by atoms with van der Waals surface area (Å²) in [6.07, 6.45) is 2.04. The fourth-order valence-electron chi connectivity index (χ4n) is 2.66. The average Bonchev–Trinajstić information content (AvgIpc) is 2.60. The molecule has 0 radical (unpaired) electrons. The van der Waals surface area contributed by atoms with Crippen LogP contribution >= 0.6 is 0 Å². The second-order valence-corrected chi connectivity index (χ2v) is 6.69. The number of nitrogens with zero attached hydrogens (tertiary/aromatic N) is 4. The smallest absolute Gasteiger partial charge is 0.409 e. The van der Waals surface area contributed by atoms with Crippen LogP contribution in [-0.4, -0.2) is 92.3 Å². The third kappa shape index (κ3) is 7.94. The number of rotatable bonds is 8. The Bertz CT molecular complexity index is 406. The molecular weight excluding hydrogens is 318 g/mol. The number of aliphatic imine (C=N–C) groups is 1. The second kappa shape index (κ2) is 12.0. The fraction of sp³-hybridized carbons (Fsp3) is 0.889. The molecule has 0 atom stereocenters. The molecule has 1 N–H and O–H groups in total. The molecule has 0 aromatic carbocycles. The predicted octanol–water partition coefficient (Wildman–Crippen LogP) is 1.85. The third-order valence-electron chi connectivity index (χ3n) is 4.50. The van der Waals surface area contributed by atoms with Crippen molar-refractivity contribution in [1.29, 1.82) is 0 Å². The Morgan fingerprint density at radius 1 is 1.16 bits per heavy atom. The zero-order chi connectivity index (χ0) is 18.7. The van der Waals surface area contributed by atoms with Gasteiger partial charge in [0, 0.05) is 45.3 Å². The van der Waals surface area contributed by atoms with E-state index >= 15 is 0 Å². The molecule has 0 aromatic rings. The van der Waals surface area contributed by atoms with Gasteiger partial charge < -0.3 is 24.8 Å². The van der Waals surface area contributed by atoms with Gasteiger partial charge in [-0.25, -0.2) is 4.79 Å². The summed E-state index contributed by atoms with van der Waals surface area (Å²) < 4.78 is 5.07. The van der Waals surface area contributed by atoms with E-state index in [0.29, 0.717) is 25.7 Å². The molecule has 7 heteroatoms. The number of nitrogens with one attached hydrogen (secondary N) is 1. The number of unbranched alkanes of at least 4 members (excludes halogenated alkanes) is 1. The van der Waals surface area contributed by atoms with Crippen LogP contribution in [0.2, 0.25) is 0 Å². The Hall–Kier alpha value is -1.50. The average molecular weight is 356 g/mol. The van der Waals surface area contributed by atoms with Gasteiger partial charge in [-0.1, -0.05) is 0 Å². The maximum Gasteiger partial charge on any atom is 0.409 e. The van der Waals surface area contributed by atoms with Gasteiger partial charge in [-0.2, -0.15) is 0 Å². The molecule has 0 unspecified atom stereocenters. The van der Waals surface area contributed by atoms with Gasteiger partial charge in [0.2, 0.25) is 0 Å². The number of carbonyl (C=O) groups excluding carboxylic acids is 1. The molecule has 25 heavy (non-hydrogen) atoms. The van der Waals surface area contributed by atoms with Crippen LogP contribution in [0.25, 0.3) is 0 Å². The summed E-state index contributed by atoms with van der Waals surface area (Å²) in [6.45, 7) is 14.5. The molecule has 1 heterocycles. The number of amides is 1. The summed E-state index contributed by atoms with van der Waals surface area (Å²) >= 11 is 0.